The first kappa shape index (κ1) is 9.10. The number of benzene rings is 2. The van der Waals surface area contributed by atoms with Crippen LogP contribution < -0.4 is 0 Å². The lowest BCUT2D eigenvalue weighted by Crippen LogP contribution is -1.81. The Morgan fingerprint density at radius 2 is 1.71 bits per heavy atom. The fourth-order valence-electron chi connectivity index (χ4n) is 1.40. The van der Waals surface area contributed by atoms with Crippen molar-refractivity contribution in [3.63, 3.8) is 0 Å². The van der Waals surface area contributed by atoms with Gasteiger partial charge in [-0.15, -0.1) is 0 Å². The number of rotatable bonds is 1. The van der Waals surface area contributed by atoms with Crippen LogP contribution >= 0.6 is 11.6 Å². The summed E-state index contributed by atoms with van der Waals surface area (Å²) in [6, 6.07) is 11.3. The molecule has 0 heterocycles. The van der Waals surface area contributed by atoms with Gasteiger partial charge in [-0.3, -0.25) is 0 Å². The Bertz CT molecular complexity index is 503. The highest BCUT2D eigenvalue weighted by Gasteiger charge is 1.99. The highest BCUT2D eigenvalue weighted by Crippen LogP contribution is 2.22. The van der Waals surface area contributed by atoms with E-state index in [1.165, 1.54) is 0 Å². The second kappa shape index (κ2) is 3.35. The van der Waals surface area contributed by atoms with Crippen molar-refractivity contribution in [3.8, 4) is 0 Å². The molecule has 0 fully saturated rings. The zero-order valence-corrected chi connectivity index (χ0v) is 8.25. The first-order chi connectivity index (χ1) is 6.66. The lowest BCUT2D eigenvalue weighted by molar-refractivity contribution is 0.514. The van der Waals surface area contributed by atoms with Crippen LogP contribution in [0.1, 0.15) is 5.56 Å². The van der Waals surface area contributed by atoms with Gasteiger partial charge in [0.05, 0.1) is 0 Å². The van der Waals surface area contributed by atoms with Crippen molar-refractivity contribution in [3.05, 3.63) is 53.6 Å². The Morgan fingerprint density at radius 3 is 2.43 bits per heavy atom. The summed E-state index contributed by atoms with van der Waals surface area (Å²) in [6.07, 6.45) is 0. The van der Waals surface area contributed by atoms with Crippen LogP contribution in [0.25, 0.3) is 16.5 Å². The summed E-state index contributed by atoms with van der Waals surface area (Å²) in [5, 5.41) is 12.0. The molecule has 0 atom stereocenters. The molecule has 0 aliphatic heterocycles. The minimum absolute atomic E-state index is 0.0850. The number of fused-ring (bicyclic) bond motifs is 1. The third kappa shape index (κ3) is 1.59. The molecule has 0 unspecified atom stereocenters. The largest absolute Gasteiger partial charge is 0.508 e. The molecule has 0 aliphatic rings. The van der Waals surface area contributed by atoms with Gasteiger partial charge in [0.2, 0.25) is 0 Å². The van der Waals surface area contributed by atoms with Crippen LogP contribution in [0.2, 0.25) is 5.02 Å². The first-order valence-corrected chi connectivity index (χ1v) is 4.62. The molecule has 0 bridgehead atoms. The summed E-state index contributed by atoms with van der Waals surface area (Å²) in [6.45, 7) is 3.48. The zero-order chi connectivity index (χ0) is 10.1. The van der Waals surface area contributed by atoms with E-state index in [4.69, 9.17) is 11.6 Å². The number of hydrogen-bond donors (Lipinski definition) is 1. The van der Waals surface area contributed by atoms with Crippen LogP contribution in [-0.2, 0) is 0 Å². The van der Waals surface area contributed by atoms with E-state index in [0.717, 1.165) is 16.3 Å². The first-order valence-electron chi connectivity index (χ1n) is 4.24. The van der Waals surface area contributed by atoms with Crippen molar-refractivity contribution < 1.29 is 5.11 Å². The molecule has 1 nitrogen and oxygen atoms in total. The molecule has 0 aromatic heterocycles. The summed E-state index contributed by atoms with van der Waals surface area (Å²) < 4.78 is 0. The summed E-state index contributed by atoms with van der Waals surface area (Å²) in [5.41, 5.74) is 0.736. The molecule has 0 amide bonds. The normalized spacial score (nSPS) is 10.4. The van der Waals surface area contributed by atoms with Gasteiger partial charge in [0.1, 0.15) is 5.76 Å². The van der Waals surface area contributed by atoms with E-state index in [1.54, 1.807) is 0 Å². The predicted molar refractivity (Wildman–Crippen MR) is 60.6 cm³/mol. The van der Waals surface area contributed by atoms with Crippen LogP contribution in [0.4, 0.5) is 0 Å². The van der Waals surface area contributed by atoms with E-state index in [9.17, 15) is 5.11 Å². The number of halogens is 1. The monoisotopic (exact) mass is 204 g/mol. The van der Waals surface area contributed by atoms with Crippen LogP contribution in [0, 0.1) is 0 Å². The molecule has 0 saturated heterocycles. The van der Waals surface area contributed by atoms with Crippen LogP contribution in [0.5, 0.6) is 0 Å². The average Bonchev–Trinajstić information content (AvgIpc) is 2.16. The molecule has 0 spiro atoms. The van der Waals surface area contributed by atoms with E-state index in [2.05, 4.69) is 6.58 Å². The Balaban J connectivity index is 2.67. The maximum absolute atomic E-state index is 9.22. The Morgan fingerprint density at radius 1 is 1.07 bits per heavy atom. The van der Waals surface area contributed by atoms with Gasteiger partial charge < -0.3 is 5.11 Å². The molecular weight excluding hydrogens is 196 g/mol. The molecule has 0 saturated carbocycles. The standard InChI is InChI=1S/C12H9ClO/c1-8(14)9-2-3-11-7-12(13)5-4-10(11)6-9/h2-7,14H,1H2. The van der Waals surface area contributed by atoms with Crippen molar-refractivity contribution >= 4 is 28.1 Å². The van der Waals surface area contributed by atoms with E-state index >= 15 is 0 Å². The van der Waals surface area contributed by atoms with Gasteiger partial charge >= 0.3 is 0 Å². The molecule has 1 N–H and O–H groups in total. The molecule has 0 radical (unpaired) electrons. The molecule has 2 rings (SSSR count). The van der Waals surface area contributed by atoms with Crippen molar-refractivity contribution in [2.24, 2.45) is 0 Å². The Labute approximate surface area is 87.3 Å². The second-order valence-electron chi connectivity index (χ2n) is 3.15. The van der Waals surface area contributed by atoms with Gasteiger partial charge in [-0.25, -0.2) is 0 Å². The summed E-state index contributed by atoms with van der Waals surface area (Å²) in [5.74, 6) is 0.0850. The van der Waals surface area contributed by atoms with E-state index in [-0.39, 0.29) is 5.76 Å². The lowest BCUT2D eigenvalue weighted by Gasteiger charge is -2.02. The topological polar surface area (TPSA) is 20.2 Å². The van der Waals surface area contributed by atoms with E-state index in [1.807, 2.05) is 36.4 Å². The van der Waals surface area contributed by atoms with Crippen LogP contribution in [-0.4, -0.2) is 5.11 Å². The predicted octanol–water partition coefficient (Wildman–Crippen LogP) is 4.02. The third-order valence-corrected chi connectivity index (χ3v) is 2.37. The van der Waals surface area contributed by atoms with Crippen molar-refractivity contribution in [2.75, 3.05) is 0 Å². The van der Waals surface area contributed by atoms with Gasteiger partial charge in [0, 0.05) is 10.6 Å². The molecule has 2 aromatic carbocycles. The molecular formula is C12H9ClO. The van der Waals surface area contributed by atoms with Crippen molar-refractivity contribution in [1.29, 1.82) is 0 Å². The van der Waals surface area contributed by atoms with Gasteiger partial charge in [0.15, 0.2) is 0 Å². The number of hydrogen-bond acceptors (Lipinski definition) is 1. The molecule has 2 aromatic rings. The van der Waals surface area contributed by atoms with Crippen molar-refractivity contribution in [2.45, 2.75) is 0 Å². The molecule has 70 valence electrons. The maximum atomic E-state index is 9.22. The number of aliphatic hydroxyl groups is 1. The second-order valence-corrected chi connectivity index (χ2v) is 3.59. The summed E-state index contributed by atoms with van der Waals surface area (Å²) in [4.78, 5) is 0. The Kier molecular flexibility index (Phi) is 2.18. The van der Waals surface area contributed by atoms with E-state index < -0.39 is 0 Å². The maximum Gasteiger partial charge on any atom is 0.115 e. The molecule has 0 aliphatic carbocycles. The molecule has 2 heteroatoms. The lowest BCUT2D eigenvalue weighted by atomic mass is 10.1. The minimum atomic E-state index is 0.0850. The highest BCUT2D eigenvalue weighted by atomic mass is 35.5. The smallest absolute Gasteiger partial charge is 0.115 e. The van der Waals surface area contributed by atoms with Gasteiger partial charge in [-0.1, -0.05) is 36.4 Å². The average molecular weight is 205 g/mol. The van der Waals surface area contributed by atoms with Crippen LogP contribution in [0.3, 0.4) is 0 Å². The molecule has 14 heavy (non-hydrogen) atoms. The van der Waals surface area contributed by atoms with Crippen molar-refractivity contribution in [1.82, 2.24) is 0 Å². The minimum Gasteiger partial charge on any atom is -0.508 e. The van der Waals surface area contributed by atoms with Gasteiger partial charge in [0.25, 0.3) is 0 Å². The fraction of sp³-hybridized carbons (Fsp3) is 0. The van der Waals surface area contributed by atoms with Crippen LogP contribution in [0.15, 0.2) is 43.0 Å². The van der Waals surface area contributed by atoms with Gasteiger partial charge in [-0.2, -0.15) is 0 Å². The SMILES string of the molecule is C=C(O)c1ccc2cc(Cl)ccc2c1. The quantitative estimate of drug-likeness (QED) is 0.696. The highest BCUT2D eigenvalue weighted by molar-refractivity contribution is 6.31. The van der Waals surface area contributed by atoms with E-state index in [0.29, 0.717) is 5.02 Å². The summed E-state index contributed by atoms with van der Waals surface area (Å²) >= 11 is 5.85. The zero-order valence-electron chi connectivity index (χ0n) is 7.50. The van der Waals surface area contributed by atoms with Gasteiger partial charge in [-0.05, 0) is 29.0 Å². The summed E-state index contributed by atoms with van der Waals surface area (Å²) in [7, 11) is 0. The number of aliphatic hydroxyl groups excluding tert-OH is 1. The third-order valence-electron chi connectivity index (χ3n) is 2.14. The Hall–Kier alpha value is -1.47. The fourth-order valence-corrected chi connectivity index (χ4v) is 1.58.